The van der Waals surface area contributed by atoms with Crippen molar-refractivity contribution in [3.8, 4) is 28.2 Å². The summed E-state index contributed by atoms with van der Waals surface area (Å²) in [6.07, 6.45) is 0. The zero-order valence-electron chi connectivity index (χ0n) is 27.7. The van der Waals surface area contributed by atoms with E-state index in [1.54, 1.807) is 0 Å². The molecule has 0 fully saturated rings. The molecule has 0 atom stereocenters. The summed E-state index contributed by atoms with van der Waals surface area (Å²) in [6.45, 7) is 0. The molecule has 3 heterocycles. The van der Waals surface area contributed by atoms with E-state index < -0.39 is 0 Å². The van der Waals surface area contributed by atoms with Crippen LogP contribution in [0.2, 0.25) is 0 Å². The molecule has 0 aliphatic rings. The van der Waals surface area contributed by atoms with Gasteiger partial charge in [0, 0.05) is 54.9 Å². The van der Waals surface area contributed by atoms with Gasteiger partial charge in [-0.25, -0.2) is 0 Å². The number of aromatic nitrogens is 3. The van der Waals surface area contributed by atoms with Crippen molar-refractivity contribution >= 4 is 65.4 Å². The number of fused-ring (bicyclic) bond motifs is 10. The maximum atomic E-state index is 2.48. The van der Waals surface area contributed by atoms with E-state index in [9.17, 15) is 0 Å². The highest BCUT2D eigenvalue weighted by Gasteiger charge is 2.23. The SMILES string of the molecule is c1ccc(-n2c3ccccc3c3cc(-c4cccc5c6c7c8ccccc8n(-c8ccccc8)c7ccc6n(-c6ccccc6)c45)ccc32)cc1. The Hall–Kier alpha value is -6.84. The molecule has 0 spiro atoms. The molecule has 238 valence electrons. The summed E-state index contributed by atoms with van der Waals surface area (Å²) in [5, 5.41) is 7.57. The Labute approximate surface area is 294 Å². The van der Waals surface area contributed by atoms with Crippen molar-refractivity contribution in [3.63, 3.8) is 0 Å². The lowest BCUT2D eigenvalue weighted by atomic mass is 9.99. The highest BCUT2D eigenvalue weighted by Crippen LogP contribution is 2.45. The van der Waals surface area contributed by atoms with Crippen LogP contribution in [-0.2, 0) is 0 Å². The Balaban J connectivity index is 1.27. The minimum atomic E-state index is 1.15. The molecule has 51 heavy (non-hydrogen) atoms. The predicted molar refractivity (Wildman–Crippen MR) is 215 cm³/mol. The predicted octanol–water partition coefficient (Wildman–Crippen LogP) is 12.6. The number of hydrogen-bond acceptors (Lipinski definition) is 0. The minimum absolute atomic E-state index is 1.15. The molecule has 11 rings (SSSR count). The largest absolute Gasteiger partial charge is 0.309 e. The molecule has 11 aromatic rings. The summed E-state index contributed by atoms with van der Waals surface area (Å²) in [7, 11) is 0. The molecule has 0 radical (unpaired) electrons. The molecule has 0 saturated heterocycles. The van der Waals surface area contributed by atoms with E-state index >= 15 is 0 Å². The van der Waals surface area contributed by atoms with Crippen LogP contribution in [0.15, 0.2) is 188 Å². The van der Waals surface area contributed by atoms with Crippen molar-refractivity contribution in [1.29, 1.82) is 0 Å². The fourth-order valence-corrected chi connectivity index (χ4v) is 8.54. The smallest absolute Gasteiger partial charge is 0.0619 e. The molecule has 0 aliphatic carbocycles. The molecule has 0 aliphatic heterocycles. The van der Waals surface area contributed by atoms with Gasteiger partial charge in [-0.1, -0.05) is 115 Å². The Morgan fingerprint density at radius 2 is 0.725 bits per heavy atom. The average Bonchev–Trinajstić information content (AvgIpc) is 3.84. The van der Waals surface area contributed by atoms with Gasteiger partial charge in [-0.3, -0.25) is 0 Å². The normalized spacial score (nSPS) is 11.9. The standard InChI is InChI=1S/C48H31N3/c1-4-15-33(16-5-1)49-41-25-12-10-21-37(41)40-31-32(27-28-43(40)49)36-23-14-24-39-47-45(51(48(36)39)35-19-8-3-9-20-35)30-29-44-46(47)38-22-11-13-26-42(38)50(44)34-17-6-2-7-18-34/h1-31H. The molecular weight excluding hydrogens is 619 g/mol. The van der Waals surface area contributed by atoms with Gasteiger partial charge in [-0.2, -0.15) is 0 Å². The zero-order chi connectivity index (χ0) is 33.5. The molecule has 0 bridgehead atoms. The van der Waals surface area contributed by atoms with Crippen LogP contribution in [0.4, 0.5) is 0 Å². The second-order valence-electron chi connectivity index (χ2n) is 13.3. The minimum Gasteiger partial charge on any atom is -0.309 e. The summed E-state index contributed by atoms with van der Waals surface area (Å²) in [4.78, 5) is 0. The van der Waals surface area contributed by atoms with Crippen LogP contribution in [0.25, 0.3) is 93.6 Å². The van der Waals surface area contributed by atoms with Crippen molar-refractivity contribution in [1.82, 2.24) is 13.7 Å². The van der Waals surface area contributed by atoms with Crippen molar-refractivity contribution in [2.45, 2.75) is 0 Å². The number of para-hydroxylation sites is 6. The van der Waals surface area contributed by atoms with Crippen molar-refractivity contribution in [2.24, 2.45) is 0 Å². The average molecular weight is 650 g/mol. The van der Waals surface area contributed by atoms with E-state index in [2.05, 4.69) is 202 Å². The molecule has 0 saturated carbocycles. The van der Waals surface area contributed by atoms with Gasteiger partial charge in [0.2, 0.25) is 0 Å². The van der Waals surface area contributed by atoms with Crippen LogP contribution in [0.1, 0.15) is 0 Å². The van der Waals surface area contributed by atoms with E-state index in [0.717, 1.165) is 5.69 Å². The van der Waals surface area contributed by atoms with Gasteiger partial charge in [-0.05, 0) is 78.4 Å². The highest BCUT2D eigenvalue weighted by atomic mass is 15.0. The van der Waals surface area contributed by atoms with E-state index in [0.29, 0.717) is 0 Å². The number of nitrogens with zero attached hydrogens (tertiary/aromatic N) is 3. The second kappa shape index (κ2) is 10.8. The highest BCUT2D eigenvalue weighted by molar-refractivity contribution is 6.30. The number of benzene rings is 8. The summed E-state index contributed by atoms with van der Waals surface area (Å²) < 4.78 is 7.27. The second-order valence-corrected chi connectivity index (χ2v) is 13.3. The molecule has 0 amide bonds. The van der Waals surface area contributed by atoms with E-state index in [4.69, 9.17) is 0 Å². The first-order valence-corrected chi connectivity index (χ1v) is 17.5. The van der Waals surface area contributed by atoms with Crippen LogP contribution in [-0.4, -0.2) is 13.7 Å². The monoisotopic (exact) mass is 649 g/mol. The lowest BCUT2D eigenvalue weighted by Crippen LogP contribution is -1.96. The van der Waals surface area contributed by atoms with Crippen LogP contribution >= 0.6 is 0 Å². The molecule has 0 N–H and O–H groups in total. The summed E-state index contributed by atoms with van der Waals surface area (Å²) >= 11 is 0. The first kappa shape index (κ1) is 28.0. The first-order valence-electron chi connectivity index (χ1n) is 17.5. The molecule has 3 aromatic heterocycles. The van der Waals surface area contributed by atoms with E-state index in [1.165, 1.54) is 87.9 Å². The van der Waals surface area contributed by atoms with Gasteiger partial charge in [0.05, 0.1) is 33.1 Å². The molecule has 3 heteroatoms. The van der Waals surface area contributed by atoms with Crippen LogP contribution < -0.4 is 0 Å². The fourth-order valence-electron chi connectivity index (χ4n) is 8.54. The van der Waals surface area contributed by atoms with E-state index in [-0.39, 0.29) is 0 Å². The van der Waals surface area contributed by atoms with Gasteiger partial charge in [0.15, 0.2) is 0 Å². The molecule has 3 nitrogen and oxygen atoms in total. The maximum absolute atomic E-state index is 2.48. The quantitative estimate of drug-likeness (QED) is 0.180. The lowest BCUT2D eigenvalue weighted by molar-refractivity contribution is 1.17. The Morgan fingerprint density at radius 3 is 1.39 bits per heavy atom. The fraction of sp³-hybridized carbons (Fsp3) is 0. The Bertz CT molecular complexity index is 3110. The topological polar surface area (TPSA) is 14.8 Å². The Morgan fingerprint density at radius 1 is 0.275 bits per heavy atom. The number of rotatable bonds is 4. The van der Waals surface area contributed by atoms with Crippen molar-refractivity contribution in [2.75, 3.05) is 0 Å². The van der Waals surface area contributed by atoms with Gasteiger partial charge in [0.1, 0.15) is 0 Å². The summed E-state index contributed by atoms with van der Waals surface area (Å²) in [5.41, 5.74) is 13.2. The van der Waals surface area contributed by atoms with Crippen LogP contribution in [0.3, 0.4) is 0 Å². The molecule has 8 aromatic carbocycles. The Kier molecular flexibility index (Phi) is 5.96. The summed E-state index contributed by atoms with van der Waals surface area (Å²) in [5.74, 6) is 0. The van der Waals surface area contributed by atoms with Crippen molar-refractivity contribution in [3.05, 3.63) is 188 Å². The zero-order valence-corrected chi connectivity index (χ0v) is 27.7. The maximum Gasteiger partial charge on any atom is 0.0619 e. The van der Waals surface area contributed by atoms with Crippen molar-refractivity contribution < 1.29 is 0 Å². The molecule has 0 unspecified atom stereocenters. The third kappa shape index (κ3) is 4.00. The van der Waals surface area contributed by atoms with Crippen LogP contribution in [0.5, 0.6) is 0 Å². The van der Waals surface area contributed by atoms with Gasteiger partial charge < -0.3 is 13.7 Å². The lowest BCUT2D eigenvalue weighted by Gasteiger charge is -2.12. The molecular formula is C48H31N3. The summed E-state index contributed by atoms with van der Waals surface area (Å²) in [6, 6.07) is 68.3. The van der Waals surface area contributed by atoms with Gasteiger partial charge in [-0.15, -0.1) is 0 Å². The first-order chi connectivity index (χ1) is 25.3. The van der Waals surface area contributed by atoms with Gasteiger partial charge in [0.25, 0.3) is 0 Å². The van der Waals surface area contributed by atoms with E-state index in [1.807, 2.05) is 0 Å². The number of hydrogen-bond donors (Lipinski definition) is 0. The third-order valence-electron chi connectivity index (χ3n) is 10.6. The third-order valence-corrected chi connectivity index (χ3v) is 10.6. The van der Waals surface area contributed by atoms with Gasteiger partial charge >= 0.3 is 0 Å². The van der Waals surface area contributed by atoms with Crippen LogP contribution in [0, 0.1) is 0 Å².